The average Bonchev–Trinajstić information content (AvgIpc) is 3.50. The van der Waals surface area contributed by atoms with Crippen molar-refractivity contribution in [3.63, 3.8) is 0 Å². The standard InChI is InChI=1S/C38H27N/c1-38(2)32-15-7-5-14-30(32)36-35-24(11-9-16-33(35)38)22-31-29-13-6-8-17-34(29)39(37(31)36)26-18-19-28-25(21-26)20-23-10-3-4-12-27(23)28/h3-19,21-22H,20H2,1-2H3. The van der Waals surface area contributed by atoms with Crippen LogP contribution < -0.4 is 0 Å². The third-order valence-corrected chi connectivity index (χ3v) is 9.38. The van der Waals surface area contributed by atoms with Gasteiger partial charge in [-0.05, 0) is 80.4 Å². The van der Waals surface area contributed by atoms with Crippen molar-refractivity contribution in [2.45, 2.75) is 25.7 Å². The molecule has 1 heterocycles. The summed E-state index contributed by atoms with van der Waals surface area (Å²) in [5, 5.41) is 5.35. The minimum absolute atomic E-state index is 0.0625. The van der Waals surface area contributed by atoms with Gasteiger partial charge >= 0.3 is 0 Å². The molecule has 0 bridgehead atoms. The Hall–Kier alpha value is -4.62. The Morgan fingerprint density at radius 3 is 2.26 bits per heavy atom. The Balaban J connectivity index is 1.46. The minimum atomic E-state index is -0.0625. The summed E-state index contributed by atoms with van der Waals surface area (Å²) in [6.07, 6.45) is 0.993. The SMILES string of the molecule is CC1(C)c2ccccc2-c2c3c1cccc3cc1c3ccccc3n(-c3ccc4c(c3)Cc3ccccc3-4)c21. The van der Waals surface area contributed by atoms with Gasteiger partial charge in [0, 0.05) is 27.4 Å². The quantitative estimate of drug-likeness (QED) is 0.213. The number of aromatic nitrogens is 1. The van der Waals surface area contributed by atoms with E-state index >= 15 is 0 Å². The van der Waals surface area contributed by atoms with E-state index < -0.39 is 0 Å². The molecule has 0 amide bonds. The van der Waals surface area contributed by atoms with E-state index in [1.165, 1.54) is 82.8 Å². The van der Waals surface area contributed by atoms with Crippen molar-refractivity contribution >= 4 is 32.6 Å². The molecule has 1 aromatic heterocycles. The third-order valence-electron chi connectivity index (χ3n) is 9.38. The second-order valence-corrected chi connectivity index (χ2v) is 11.7. The zero-order valence-corrected chi connectivity index (χ0v) is 22.1. The Labute approximate surface area is 228 Å². The molecule has 39 heavy (non-hydrogen) atoms. The Kier molecular flexibility index (Phi) is 3.98. The molecule has 0 fully saturated rings. The van der Waals surface area contributed by atoms with Crippen LogP contribution in [0.5, 0.6) is 0 Å². The van der Waals surface area contributed by atoms with E-state index in [2.05, 4.69) is 134 Å². The third kappa shape index (κ3) is 2.65. The maximum atomic E-state index is 2.54. The van der Waals surface area contributed by atoms with Gasteiger partial charge < -0.3 is 4.57 Å². The lowest BCUT2D eigenvalue weighted by Gasteiger charge is -2.35. The van der Waals surface area contributed by atoms with Crippen LogP contribution in [0.2, 0.25) is 0 Å². The summed E-state index contributed by atoms with van der Waals surface area (Å²) in [4.78, 5) is 0. The van der Waals surface area contributed by atoms with Gasteiger partial charge in [0.15, 0.2) is 0 Å². The molecule has 0 radical (unpaired) electrons. The van der Waals surface area contributed by atoms with Crippen LogP contribution in [-0.2, 0) is 11.8 Å². The fraction of sp³-hybridized carbons (Fsp3) is 0.105. The molecule has 0 unspecified atom stereocenters. The summed E-state index contributed by atoms with van der Waals surface area (Å²) in [5.74, 6) is 0. The molecule has 2 aliphatic rings. The van der Waals surface area contributed by atoms with Crippen LogP contribution in [-0.4, -0.2) is 4.57 Å². The van der Waals surface area contributed by atoms with Gasteiger partial charge in [-0.2, -0.15) is 0 Å². The van der Waals surface area contributed by atoms with Gasteiger partial charge in [0.25, 0.3) is 0 Å². The second-order valence-electron chi connectivity index (χ2n) is 11.7. The van der Waals surface area contributed by atoms with Crippen molar-refractivity contribution in [1.29, 1.82) is 0 Å². The highest BCUT2D eigenvalue weighted by molar-refractivity contribution is 6.23. The predicted molar refractivity (Wildman–Crippen MR) is 164 cm³/mol. The van der Waals surface area contributed by atoms with Gasteiger partial charge in [-0.25, -0.2) is 0 Å². The summed E-state index contributed by atoms with van der Waals surface area (Å²) in [7, 11) is 0. The summed E-state index contributed by atoms with van der Waals surface area (Å²) in [6, 6.07) is 43.2. The van der Waals surface area contributed by atoms with E-state index in [9.17, 15) is 0 Å². The van der Waals surface area contributed by atoms with Crippen LogP contribution in [0.15, 0.2) is 115 Å². The largest absolute Gasteiger partial charge is 0.309 e. The Bertz CT molecular complexity index is 2170. The molecule has 7 aromatic rings. The average molecular weight is 498 g/mol. The molecule has 2 aliphatic carbocycles. The van der Waals surface area contributed by atoms with E-state index in [0.29, 0.717) is 0 Å². The summed E-state index contributed by atoms with van der Waals surface area (Å²) in [6.45, 7) is 4.75. The highest BCUT2D eigenvalue weighted by Crippen LogP contribution is 2.52. The number of hydrogen-bond donors (Lipinski definition) is 0. The molecule has 184 valence electrons. The first-order chi connectivity index (χ1) is 19.1. The normalized spacial score (nSPS) is 14.5. The molecule has 0 saturated heterocycles. The lowest BCUT2D eigenvalue weighted by Crippen LogP contribution is -2.23. The number of nitrogens with zero attached hydrogens (tertiary/aromatic N) is 1. The van der Waals surface area contributed by atoms with Crippen molar-refractivity contribution in [1.82, 2.24) is 4.57 Å². The molecular weight excluding hydrogens is 470 g/mol. The molecule has 9 rings (SSSR count). The minimum Gasteiger partial charge on any atom is -0.309 e. The van der Waals surface area contributed by atoms with E-state index in [-0.39, 0.29) is 5.41 Å². The van der Waals surface area contributed by atoms with Crippen molar-refractivity contribution in [2.75, 3.05) is 0 Å². The fourth-order valence-corrected chi connectivity index (χ4v) is 7.61. The molecule has 0 N–H and O–H groups in total. The molecule has 1 heteroatoms. The maximum Gasteiger partial charge on any atom is 0.0626 e. The van der Waals surface area contributed by atoms with Crippen LogP contribution in [0.3, 0.4) is 0 Å². The maximum absolute atomic E-state index is 2.54. The van der Waals surface area contributed by atoms with Crippen LogP contribution >= 0.6 is 0 Å². The number of hydrogen-bond acceptors (Lipinski definition) is 0. The van der Waals surface area contributed by atoms with Crippen LogP contribution in [0.1, 0.15) is 36.1 Å². The number of para-hydroxylation sites is 1. The topological polar surface area (TPSA) is 4.93 Å². The molecule has 6 aromatic carbocycles. The van der Waals surface area contributed by atoms with Crippen LogP contribution in [0.25, 0.3) is 60.5 Å². The second kappa shape index (κ2) is 7.27. The molecule has 0 atom stereocenters. The summed E-state index contributed by atoms with van der Waals surface area (Å²) < 4.78 is 2.54. The molecule has 0 spiro atoms. The van der Waals surface area contributed by atoms with Gasteiger partial charge in [-0.15, -0.1) is 0 Å². The van der Waals surface area contributed by atoms with Gasteiger partial charge in [0.05, 0.1) is 11.0 Å². The first-order valence-corrected chi connectivity index (χ1v) is 13.9. The van der Waals surface area contributed by atoms with Gasteiger partial charge in [-0.1, -0.05) is 105 Å². The highest BCUT2D eigenvalue weighted by Gasteiger charge is 2.35. The lowest BCUT2D eigenvalue weighted by molar-refractivity contribution is 0.645. The van der Waals surface area contributed by atoms with Gasteiger partial charge in [-0.3, -0.25) is 0 Å². The Morgan fingerprint density at radius 2 is 1.33 bits per heavy atom. The predicted octanol–water partition coefficient (Wildman–Crippen LogP) is 9.81. The first kappa shape index (κ1) is 21.3. The first-order valence-electron chi connectivity index (χ1n) is 13.9. The van der Waals surface area contributed by atoms with Crippen molar-refractivity contribution in [2.24, 2.45) is 0 Å². The highest BCUT2D eigenvalue weighted by atomic mass is 15.0. The van der Waals surface area contributed by atoms with Gasteiger partial charge in [0.1, 0.15) is 0 Å². The summed E-state index contributed by atoms with van der Waals surface area (Å²) >= 11 is 0. The molecular formula is C38H27N. The summed E-state index contributed by atoms with van der Waals surface area (Å²) in [5.41, 5.74) is 14.9. The van der Waals surface area contributed by atoms with E-state index in [4.69, 9.17) is 0 Å². The van der Waals surface area contributed by atoms with E-state index in [0.717, 1.165) is 6.42 Å². The van der Waals surface area contributed by atoms with Crippen LogP contribution in [0.4, 0.5) is 0 Å². The zero-order valence-electron chi connectivity index (χ0n) is 22.1. The van der Waals surface area contributed by atoms with Crippen molar-refractivity contribution in [3.8, 4) is 27.9 Å². The van der Waals surface area contributed by atoms with Crippen molar-refractivity contribution in [3.05, 3.63) is 138 Å². The molecule has 0 aliphatic heterocycles. The monoisotopic (exact) mass is 497 g/mol. The number of fused-ring (bicyclic) bond motifs is 9. The molecule has 1 nitrogen and oxygen atoms in total. The number of benzene rings is 6. The van der Waals surface area contributed by atoms with Gasteiger partial charge in [0.2, 0.25) is 0 Å². The fourth-order valence-electron chi connectivity index (χ4n) is 7.61. The lowest BCUT2D eigenvalue weighted by atomic mass is 9.68. The number of rotatable bonds is 1. The zero-order chi connectivity index (χ0) is 25.9. The van der Waals surface area contributed by atoms with Crippen molar-refractivity contribution < 1.29 is 0 Å². The van der Waals surface area contributed by atoms with Crippen LogP contribution in [0, 0.1) is 0 Å². The van der Waals surface area contributed by atoms with E-state index in [1.807, 2.05) is 0 Å². The smallest absolute Gasteiger partial charge is 0.0626 e. The Morgan fingerprint density at radius 1 is 0.590 bits per heavy atom. The molecule has 0 saturated carbocycles. The van der Waals surface area contributed by atoms with E-state index in [1.54, 1.807) is 0 Å².